The van der Waals surface area contributed by atoms with E-state index >= 15 is 0 Å². The summed E-state index contributed by atoms with van der Waals surface area (Å²) in [5.74, 6) is 11.0. The molecule has 4 heterocycles. The van der Waals surface area contributed by atoms with Gasteiger partial charge in [0.2, 0.25) is 0 Å². The summed E-state index contributed by atoms with van der Waals surface area (Å²) in [6.45, 7) is 39.0. The van der Waals surface area contributed by atoms with Gasteiger partial charge in [0.1, 0.15) is 22.8 Å². The zero-order valence-corrected chi connectivity index (χ0v) is 40.2. The number of nitrogens with one attached hydrogen (secondary N) is 3. The highest BCUT2D eigenvalue weighted by atomic mass is 16.6. The summed E-state index contributed by atoms with van der Waals surface area (Å²) in [5.41, 5.74) is 8.01. The third-order valence-corrected chi connectivity index (χ3v) is 10.0. The highest BCUT2D eigenvalue weighted by molar-refractivity contribution is 5.86. The molecule has 4 fully saturated rings. The second kappa shape index (κ2) is 25.9. The largest absolute Gasteiger partial charge is 0.443 e. The van der Waals surface area contributed by atoms with Crippen LogP contribution in [-0.2, 0) is 19.1 Å². The van der Waals surface area contributed by atoms with Gasteiger partial charge in [-0.3, -0.25) is 41.0 Å². The fourth-order valence-corrected chi connectivity index (χ4v) is 6.29. The van der Waals surface area contributed by atoms with E-state index in [0.29, 0.717) is 23.1 Å². The van der Waals surface area contributed by atoms with Crippen LogP contribution in [0.25, 0.3) is 0 Å². The Morgan fingerprint density at radius 3 is 1.20 bits per heavy atom. The fraction of sp³-hybridized carbons (Fsp3) is 0.884. The lowest BCUT2D eigenvalue weighted by Gasteiger charge is -2.40. The molecule has 0 aliphatic carbocycles. The molecule has 4 saturated heterocycles. The predicted octanol–water partition coefficient (Wildman–Crippen LogP) is 5.59. The Labute approximate surface area is 358 Å². The van der Waals surface area contributed by atoms with Crippen LogP contribution in [0.15, 0.2) is 5.10 Å². The fourth-order valence-electron chi connectivity index (χ4n) is 6.29. The molecule has 0 bridgehead atoms. The zero-order valence-electron chi connectivity index (χ0n) is 40.2. The van der Waals surface area contributed by atoms with Crippen molar-refractivity contribution in [2.24, 2.45) is 16.8 Å². The van der Waals surface area contributed by atoms with E-state index in [1.807, 2.05) is 33.2 Å². The number of nitrogens with zero attached hydrogens (tertiary/aromatic N) is 5. The summed E-state index contributed by atoms with van der Waals surface area (Å²) in [6, 6.07) is 0.531. The molecular formula is C43H88N10O6. The summed E-state index contributed by atoms with van der Waals surface area (Å²) >= 11 is 0. The molecule has 0 atom stereocenters. The maximum atomic E-state index is 11.5. The van der Waals surface area contributed by atoms with Crippen LogP contribution in [0.5, 0.6) is 0 Å². The molecule has 16 heteroatoms. The van der Waals surface area contributed by atoms with Gasteiger partial charge < -0.3 is 14.4 Å². The minimum absolute atomic E-state index is 0.199. The third-order valence-electron chi connectivity index (χ3n) is 10.0. The minimum Gasteiger partial charge on any atom is -0.443 e. The molecule has 2 amide bonds. The van der Waals surface area contributed by atoms with Crippen molar-refractivity contribution in [2.75, 3.05) is 59.4 Å². The van der Waals surface area contributed by atoms with Gasteiger partial charge in [-0.1, -0.05) is 0 Å². The molecule has 4 aliphatic rings. The van der Waals surface area contributed by atoms with E-state index in [2.05, 4.69) is 97.9 Å². The van der Waals surface area contributed by atoms with Crippen molar-refractivity contribution >= 4 is 29.5 Å². The number of hydrogen-bond acceptors (Lipinski definition) is 14. The number of hydrogen-bond donors (Lipinski definition) is 5. The maximum absolute atomic E-state index is 11.5. The van der Waals surface area contributed by atoms with E-state index in [4.69, 9.17) is 21.2 Å². The lowest BCUT2D eigenvalue weighted by molar-refractivity contribution is -0.122. The molecule has 0 aromatic rings. The number of likely N-dealkylation sites (tertiary alicyclic amines) is 4. The number of rotatable bonds is 2. The summed E-state index contributed by atoms with van der Waals surface area (Å²) in [5, 5.41) is 4.15. The summed E-state index contributed by atoms with van der Waals surface area (Å²) in [4.78, 5) is 52.8. The van der Waals surface area contributed by atoms with Crippen LogP contribution < -0.4 is 28.0 Å². The molecule has 346 valence electrons. The standard InChI is InChI=1S/C14H27N3O2.C9H21N3.C9H17NO.C6H11NO.C5H12N2O2/c1-13(2,3)17-9-7-11(8-10-17)15-16-12(18)19-14(4,5)6;1-9(2,3)12-6-4-8(11-10)5-7-12;1-9(2,3)10-6-4-8(11)5-7-10;1-7-4-2-6(8)3-5-7;1-5(2,3)9-4(8)7-6/h7-10H2,1-6H3,(H,16,18);8,11H,4-7,10H2,1-3H3;4-7H2,1-3H3;2-5H2,1H3;6H2,1-3H3,(H,7,8). The molecule has 0 aromatic carbocycles. The number of Topliss-reactive ketones (excluding diaryl/α,β-unsaturated/α-hetero) is 2. The average Bonchev–Trinajstić information content (AvgIpc) is 3.11. The quantitative estimate of drug-likeness (QED) is 0.131. The molecule has 0 spiro atoms. The van der Waals surface area contributed by atoms with Gasteiger partial charge in [0.15, 0.2) is 0 Å². The van der Waals surface area contributed by atoms with Crippen LogP contribution in [0.1, 0.15) is 155 Å². The van der Waals surface area contributed by atoms with Crippen molar-refractivity contribution in [1.82, 2.24) is 35.9 Å². The monoisotopic (exact) mass is 841 g/mol. The first-order valence-electron chi connectivity index (χ1n) is 21.5. The first-order valence-corrected chi connectivity index (χ1v) is 21.5. The van der Waals surface area contributed by atoms with Gasteiger partial charge in [-0.15, -0.1) is 0 Å². The molecule has 0 unspecified atom stereocenters. The second-order valence-electron chi connectivity index (χ2n) is 20.7. The average molecular weight is 841 g/mol. The maximum Gasteiger partial charge on any atom is 0.428 e. The van der Waals surface area contributed by atoms with Crippen molar-refractivity contribution in [1.29, 1.82) is 0 Å². The molecule has 59 heavy (non-hydrogen) atoms. The second-order valence-corrected chi connectivity index (χ2v) is 20.7. The van der Waals surface area contributed by atoms with E-state index in [9.17, 15) is 19.2 Å². The van der Waals surface area contributed by atoms with Crippen LogP contribution in [0.2, 0.25) is 0 Å². The molecule has 0 radical (unpaired) electrons. The van der Waals surface area contributed by atoms with Crippen LogP contribution >= 0.6 is 0 Å². The first kappa shape index (κ1) is 56.3. The number of hydrazone groups is 1. The Bertz CT molecular complexity index is 1250. The number of piperidine rings is 4. The first-order chi connectivity index (χ1) is 26.9. The number of nitrogens with two attached hydrogens (primary N) is 2. The smallest absolute Gasteiger partial charge is 0.428 e. The van der Waals surface area contributed by atoms with Gasteiger partial charge >= 0.3 is 12.2 Å². The number of hydrazine groups is 2. The van der Waals surface area contributed by atoms with E-state index in [-0.39, 0.29) is 11.1 Å². The Hall–Kier alpha value is -2.73. The van der Waals surface area contributed by atoms with Crippen LogP contribution in [0, 0.1) is 0 Å². The molecule has 0 saturated carbocycles. The SMILES string of the molecule is CC(C)(C)N1CCC(=O)CC1.CC(C)(C)N1CCC(NN)CC1.CC(C)(C)OC(=O)NN.CC(C)(C)OC(=O)NN=C1CCN(C(C)(C)C)CC1.CN1CCC(=O)CC1. The third kappa shape index (κ3) is 28.4. The highest BCUT2D eigenvalue weighted by Gasteiger charge is 2.28. The number of ether oxygens (including phenoxy) is 2. The lowest BCUT2D eigenvalue weighted by Crippen LogP contribution is -2.51. The Morgan fingerprint density at radius 2 is 0.898 bits per heavy atom. The van der Waals surface area contributed by atoms with Crippen LogP contribution in [0.4, 0.5) is 9.59 Å². The zero-order chi connectivity index (χ0) is 45.8. The van der Waals surface area contributed by atoms with Gasteiger partial charge in [-0.25, -0.2) is 20.9 Å². The number of amides is 2. The highest BCUT2D eigenvalue weighted by Crippen LogP contribution is 2.21. The van der Waals surface area contributed by atoms with Crippen molar-refractivity contribution in [3.8, 4) is 0 Å². The van der Waals surface area contributed by atoms with Crippen LogP contribution in [0.3, 0.4) is 0 Å². The van der Waals surface area contributed by atoms with E-state index < -0.39 is 23.4 Å². The summed E-state index contributed by atoms with van der Waals surface area (Å²) in [7, 11) is 2.05. The normalized spacial score (nSPS) is 19.5. The van der Waals surface area contributed by atoms with Crippen molar-refractivity contribution in [3.63, 3.8) is 0 Å². The summed E-state index contributed by atoms with van der Waals surface area (Å²) < 4.78 is 9.85. The Morgan fingerprint density at radius 1 is 0.559 bits per heavy atom. The van der Waals surface area contributed by atoms with Gasteiger partial charge in [0.05, 0.1) is 0 Å². The van der Waals surface area contributed by atoms with E-state index in [1.54, 1.807) is 20.8 Å². The van der Waals surface area contributed by atoms with Gasteiger partial charge in [0.25, 0.3) is 0 Å². The molecule has 7 N–H and O–H groups in total. The van der Waals surface area contributed by atoms with Gasteiger partial charge in [-0.2, -0.15) is 5.10 Å². The van der Waals surface area contributed by atoms with E-state index in [0.717, 1.165) is 83.5 Å². The Balaban J connectivity index is 0.000000740. The van der Waals surface area contributed by atoms with Crippen molar-refractivity contribution in [2.45, 2.75) is 189 Å². The molecule has 0 aromatic heterocycles. The van der Waals surface area contributed by atoms with Gasteiger partial charge in [-0.05, 0) is 124 Å². The molecule has 4 aliphatic heterocycles. The van der Waals surface area contributed by atoms with Crippen molar-refractivity contribution < 1.29 is 28.7 Å². The van der Waals surface area contributed by atoms with Crippen molar-refractivity contribution in [3.05, 3.63) is 0 Å². The topological polar surface area (TPSA) is 200 Å². The predicted molar refractivity (Wildman–Crippen MR) is 240 cm³/mol. The van der Waals surface area contributed by atoms with Gasteiger partial charge in [0, 0.05) is 119 Å². The number of ketones is 2. The molecule has 16 nitrogen and oxygen atoms in total. The van der Waals surface area contributed by atoms with Crippen LogP contribution in [-0.4, -0.2) is 142 Å². The Kier molecular flexibility index (Phi) is 24.7. The summed E-state index contributed by atoms with van der Waals surface area (Å²) in [6.07, 6.45) is 6.06. The number of carbonyl (C=O) groups is 4. The lowest BCUT2D eigenvalue weighted by atomic mass is 9.98. The molecular weight excluding hydrogens is 753 g/mol. The molecule has 4 rings (SSSR count). The van der Waals surface area contributed by atoms with E-state index in [1.165, 1.54) is 25.9 Å². The number of carbonyl (C=O) groups excluding carboxylic acids is 4. The minimum atomic E-state index is -0.609.